The lowest BCUT2D eigenvalue weighted by Crippen LogP contribution is -2.32. The number of aryl methyl sites for hydroxylation is 1. The first-order valence-corrected chi connectivity index (χ1v) is 7.31. The Morgan fingerprint density at radius 2 is 2.25 bits per heavy atom. The van der Waals surface area contributed by atoms with Crippen LogP contribution < -0.4 is 4.72 Å². The highest BCUT2D eigenvalue weighted by atomic mass is 32.2. The van der Waals surface area contributed by atoms with Crippen LogP contribution >= 0.6 is 0 Å². The summed E-state index contributed by atoms with van der Waals surface area (Å²) in [5, 5.41) is 9.27. The van der Waals surface area contributed by atoms with Crippen LogP contribution in [0.2, 0.25) is 0 Å². The number of aromatic amines is 1. The second-order valence-electron chi connectivity index (χ2n) is 4.24. The van der Waals surface area contributed by atoms with Crippen molar-refractivity contribution in [3.63, 3.8) is 0 Å². The third-order valence-electron chi connectivity index (χ3n) is 2.76. The molecular weight excluding hydrogens is 285 g/mol. The maximum absolute atomic E-state index is 13.0. The molecule has 0 radical (unpaired) electrons. The Kier molecular flexibility index (Phi) is 4.17. The number of nitrogens with zero attached hydrogens (tertiary/aromatic N) is 1. The quantitative estimate of drug-likeness (QED) is 0.763. The second-order valence-corrected chi connectivity index (χ2v) is 5.92. The van der Waals surface area contributed by atoms with Crippen molar-refractivity contribution in [2.24, 2.45) is 0 Å². The van der Waals surface area contributed by atoms with E-state index in [4.69, 9.17) is 0 Å². The number of hydrogen-bond acceptors (Lipinski definition) is 4. The highest BCUT2D eigenvalue weighted by Gasteiger charge is 2.23. The van der Waals surface area contributed by atoms with Crippen molar-refractivity contribution in [3.8, 4) is 0 Å². The predicted molar refractivity (Wildman–Crippen MR) is 69.9 cm³/mol. The van der Waals surface area contributed by atoms with Crippen molar-refractivity contribution in [3.05, 3.63) is 47.8 Å². The summed E-state index contributed by atoms with van der Waals surface area (Å²) >= 11 is 0. The van der Waals surface area contributed by atoms with E-state index in [1.807, 2.05) is 0 Å². The molecule has 8 heteroatoms. The molecule has 0 saturated heterocycles. The molecule has 1 aromatic heterocycles. The van der Waals surface area contributed by atoms with Crippen molar-refractivity contribution in [2.45, 2.75) is 17.9 Å². The number of hydrogen-bond donors (Lipinski definition) is 3. The molecule has 1 heterocycles. The topological polar surface area (TPSA) is 95.1 Å². The van der Waals surface area contributed by atoms with Crippen LogP contribution in [0.3, 0.4) is 0 Å². The van der Waals surface area contributed by atoms with Gasteiger partial charge in [0.25, 0.3) is 0 Å². The van der Waals surface area contributed by atoms with Crippen LogP contribution in [0, 0.1) is 12.7 Å². The fourth-order valence-electron chi connectivity index (χ4n) is 1.81. The minimum atomic E-state index is -3.88. The van der Waals surface area contributed by atoms with E-state index >= 15 is 0 Å². The number of benzene rings is 1. The van der Waals surface area contributed by atoms with E-state index in [2.05, 4.69) is 14.7 Å². The van der Waals surface area contributed by atoms with Crippen molar-refractivity contribution < 1.29 is 17.9 Å². The molecule has 108 valence electrons. The lowest BCUT2D eigenvalue weighted by molar-refractivity contribution is 0.254. The average Bonchev–Trinajstić information content (AvgIpc) is 2.89. The van der Waals surface area contributed by atoms with Crippen LogP contribution in [-0.2, 0) is 10.0 Å². The van der Waals surface area contributed by atoms with Gasteiger partial charge in [0.05, 0.1) is 11.5 Å². The Labute approximate surface area is 115 Å². The Hall–Kier alpha value is -1.77. The molecule has 2 aromatic rings. The molecule has 0 spiro atoms. The van der Waals surface area contributed by atoms with Crippen molar-refractivity contribution in [1.29, 1.82) is 0 Å². The van der Waals surface area contributed by atoms with Crippen LogP contribution in [0.1, 0.15) is 17.4 Å². The van der Waals surface area contributed by atoms with Gasteiger partial charge in [-0.25, -0.2) is 17.8 Å². The summed E-state index contributed by atoms with van der Waals surface area (Å²) in [4.78, 5) is 6.59. The molecule has 0 bridgehead atoms. The number of aromatic nitrogens is 2. The number of aliphatic hydroxyl groups is 1. The van der Waals surface area contributed by atoms with Gasteiger partial charge < -0.3 is 10.1 Å². The van der Waals surface area contributed by atoms with Crippen LogP contribution in [0.5, 0.6) is 0 Å². The Balaban J connectivity index is 2.31. The first kappa shape index (κ1) is 14.6. The molecular formula is C12H14FN3O3S. The number of imidazole rings is 1. The number of nitrogens with one attached hydrogen (secondary N) is 2. The van der Waals surface area contributed by atoms with E-state index < -0.39 is 28.5 Å². The monoisotopic (exact) mass is 299 g/mol. The van der Waals surface area contributed by atoms with Gasteiger partial charge in [0.15, 0.2) is 0 Å². The Bertz CT molecular complexity index is 686. The van der Waals surface area contributed by atoms with E-state index in [0.29, 0.717) is 5.82 Å². The molecule has 0 aliphatic rings. The molecule has 1 aromatic carbocycles. The first-order chi connectivity index (χ1) is 9.44. The highest BCUT2D eigenvalue weighted by Crippen LogP contribution is 2.18. The van der Waals surface area contributed by atoms with Gasteiger partial charge in [-0.05, 0) is 30.7 Å². The zero-order chi connectivity index (χ0) is 14.8. The summed E-state index contributed by atoms with van der Waals surface area (Å²) in [6.45, 7) is 1.05. The highest BCUT2D eigenvalue weighted by molar-refractivity contribution is 7.89. The predicted octanol–water partition coefficient (Wildman–Crippen LogP) is 0.869. The lowest BCUT2D eigenvalue weighted by Gasteiger charge is -2.15. The molecule has 2 rings (SSSR count). The molecule has 1 unspecified atom stereocenters. The average molecular weight is 299 g/mol. The fourth-order valence-corrected chi connectivity index (χ4v) is 3.23. The van der Waals surface area contributed by atoms with Gasteiger partial charge in [-0.1, -0.05) is 0 Å². The summed E-state index contributed by atoms with van der Waals surface area (Å²) in [5.41, 5.74) is 0.286. The van der Waals surface area contributed by atoms with Crippen molar-refractivity contribution in [2.75, 3.05) is 6.61 Å². The molecule has 6 nitrogen and oxygen atoms in total. The first-order valence-electron chi connectivity index (χ1n) is 5.82. The summed E-state index contributed by atoms with van der Waals surface area (Å²) in [6, 6.07) is 2.50. The van der Waals surface area contributed by atoms with Crippen LogP contribution in [-0.4, -0.2) is 30.1 Å². The van der Waals surface area contributed by atoms with Crippen molar-refractivity contribution in [1.82, 2.24) is 14.7 Å². The summed E-state index contributed by atoms with van der Waals surface area (Å²) < 4.78 is 39.8. The zero-order valence-electron chi connectivity index (χ0n) is 10.7. The molecule has 0 amide bonds. The summed E-state index contributed by atoms with van der Waals surface area (Å²) in [7, 11) is -3.88. The van der Waals surface area contributed by atoms with Gasteiger partial charge >= 0.3 is 0 Å². The second kappa shape index (κ2) is 5.70. The fraction of sp³-hybridized carbons (Fsp3) is 0.250. The molecule has 20 heavy (non-hydrogen) atoms. The summed E-state index contributed by atoms with van der Waals surface area (Å²) in [5.74, 6) is -0.206. The van der Waals surface area contributed by atoms with E-state index in [1.165, 1.54) is 25.4 Å². The Morgan fingerprint density at radius 3 is 2.80 bits per heavy atom. The van der Waals surface area contributed by atoms with E-state index in [9.17, 15) is 17.9 Å². The third kappa shape index (κ3) is 3.03. The smallest absolute Gasteiger partial charge is 0.241 e. The number of halogens is 1. The van der Waals surface area contributed by atoms with Gasteiger partial charge in [-0.15, -0.1) is 0 Å². The number of sulfonamides is 1. The Morgan fingerprint density at radius 1 is 1.50 bits per heavy atom. The van der Waals surface area contributed by atoms with E-state index in [1.54, 1.807) is 0 Å². The minimum absolute atomic E-state index is 0.0380. The molecule has 1 atom stereocenters. The SMILES string of the molecule is Cc1cc(F)ccc1S(=O)(=O)NC(CO)c1ncc[nH]1. The van der Waals surface area contributed by atoms with Gasteiger partial charge in [-0.3, -0.25) is 0 Å². The number of H-pyrrole nitrogens is 1. The standard InChI is InChI=1S/C12H14FN3O3S/c1-8-6-9(13)2-3-11(8)20(18,19)16-10(7-17)12-14-4-5-15-12/h2-6,10,16-17H,7H2,1H3,(H,14,15). The molecule has 3 N–H and O–H groups in total. The van der Waals surface area contributed by atoms with Gasteiger partial charge in [-0.2, -0.15) is 4.72 Å². The third-order valence-corrected chi connectivity index (χ3v) is 4.39. The number of rotatable bonds is 5. The normalized spacial score (nSPS) is 13.3. The lowest BCUT2D eigenvalue weighted by atomic mass is 10.2. The van der Waals surface area contributed by atoms with E-state index in [-0.39, 0.29) is 10.5 Å². The van der Waals surface area contributed by atoms with Crippen LogP contribution in [0.15, 0.2) is 35.5 Å². The van der Waals surface area contributed by atoms with Gasteiger partial charge in [0.2, 0.25) is 10.0 Å². The summed E-state index contributed by atoms with van der Waals surface area (Å²) in [6.07, 6.45) is 2.98. The minimum Gasteiger partial charge on any atom is -0.394 e. The number of aliphatic hydroxyl groups excluding tert-OH is 1. The maximum atomic E-state index is 13.0. The molecule has 0 aliphatic heterocycles. The molecule has 0 fully saturated rings. The maximum Gasteiger partial charge on any atom is 0.241 e. The zero-order valence-corrected chi connectivity index (χ0v) is 11.5. The van der Waals surface area contributed by atoms with Crippen LogP contribution in [0.25, 0.3) is 0 Å². The molecule has 0 saturated carbocycles. The van der Waals surface area contributed by atoms with Gasteiger partial charge in [0.1, 0.15) is 17.7 Å². The van der Waals surface area contributed by atoms with Crippen molar-refractivity contribution >= 4 is 10.0 Å². The van der Waals surface area contributed by atoms with Crippen LogP contribution in [0.4, 0.5) is 4.39 Å². The largest absolute Gasteiger partial charge is 0.394 e. The van der Waals surface area contributed by atoms with Gasteiger partial charge in [0, 0.05) is 12.4 Å². The van der Waals surface area contributed by atoms with E-state index in [0.717, 1.165) is 12.1 Å². The molecule has 0 aliphatic carbocycles.